The second-order valence-electron chi connectivity index (χ2n) is 5.55. The summed E-state index contributed by atoms with van der Waals surface area (Å²) in [6.45, 7) is 4.26. The second-order valence-corrected chi connectivity index (χ2v) is 5.55. The molecule has 1 aromatic carbocycles. The highest BCUT2D eigenvalue weighted by Gasteiger charge is 2.14. The Labute approximate surface area is 134 Å². The van der Waals surface area contributed by atoms with E-state index < -0.39 is 0 Å². The Balaban J connectivity index is 1.72. The number of carbonyl (C=O) groups excluding carboxylic acids is 1. The van der Waals surface area contributed by atoms with E-state index >= 15 is 0 Å². The highest BCUT2D eigenvalue weighted by Crippen LogP contribution is 2.20. The number of hydrogen-bond donors (Lipinski definition) is 1. The molecular weight excluding hydrogens is 290 g/mol. The molecule has 2 aromatic heterocycles. The third kappa shape index (κ3) is 3.45. The molecule has 0 aliphatic heterocycles. The predicted octanol–water partition coefficient (Wildman–Crippen LogP) is 4.11. The number of pyridine rings is 1. The first kappa shape index (κ1) is 15.0. The molecule has 0 radical (unpaired) electrons. The summed E-state index contributed by atoms with van der Waals surface area (Å²) in [6, 6.07) is 13.0. The van der Waals surface area contributed by atoms with Gasteiger partial charge in [0.05, 0.1) is 0 Å². The van der Waals surface area contributed by atoms with Crippen molar-refractivity contribution < 1.29 is 9.32 Å². The minimum Gasteiger partial charge on any atom is -0.355 e. The van der Waals surface area contributed by atoms with Crippen molar-refractivity contribution in [3.8, 4) is 11.3 Å². The van der Waals surface area contributed by atoms with Crippen LogP contribution in [0.5, 0.6) is 0 Å². The summed E-state index contributed by atoms with van der Waals surface area (Å²) in [5.41, 5.74) is 2.96. The third-order valence-electron chi connectivity index (χ3n) is 3.52. The van der Waals surface area contributed by atoms with E-state index in [-0.39, 0.29) is 11.6 Å². The van der Waals surface area contributed by atoms with Gasteiger partial charge in [-0.1, -0.05) is 31.1 Å². The quantitative estimate of drug-likeness (QED) is 0.787. The summed E-state index contributed by atoms with van der Waals surface area (Å²) < 4.78 is 5.21. The van der Waals surface area contributed by atoms with Crippen LogP contribution < -0.4 is 5.32 Å². The van der Waals surface area contributed by atoms with E-state index in [1.807, 2.05) is 30.3 Å². The summed E-state index contributed by atoms with van der Waals surface area (Å²) >= 11 is 0. The Morgan fingerprint density at radius 3 is 2.61 bits per heavy atom. The molecule has 1 N–H and O–H groups in total. The number of benzene rings is 1. The van der Waals surface area contributed by atoms with Crippen LogP contribution in [0.1, 0.15) is 35.8 Å². The van der Waals surface area contributed by atoms with Gasteiger partial charge in [0.15, 0.2) is 11.5 Å². The normalized spacial score (nSPS) is 10.7. The minimum absolute atomic E-state index is 0.233. The van der Waals surface area contributed by atoms with E-state index in [0.29, 0.717) is 11.7 Å². The van der Waals surface area contributed by atoms with Gasteiger partial charge in [-0.25, -0.2) is 0 Å². The molecule has 23 heavy (non-hydrogen) atoms. The maximum atomic E-state index is 12.2. The number of anilines is 1. The Hall–Kier alpha value is -2.95. The van der Waals surface area contributed by atoms with Crippen molar-refractivity contribution in [1.29, 1.82) is 0 Å². The van der Waals surface area contributed by atoms with Gasteiger partial charge in [-0.15, -0.1) is 0 Å². The van der Waals surface area contributed by atoms with Gasteiger partial charge in [-0.2, -0.15) is 0 Å². The lowest BCUT2D eigenvalue weighted by molar-refractivity contribution is 0.101. The zero-order chi connectivity index (χ0) is 16.2. The molecule has 0 fully saturated rings. The lowest BCUT2D eigenvalue weighted by Gasteiger charge is -2.07. The molecule has 0 aliphatic rings. The van der Waals surface area contributed by atoms with Crippen LogP contribution in [-0.4, -0.2) is 16.0 Å². The summed E-state index contributed by atoms with van der Waals surface area (Å²) in [4.78, 5) is 16.2. The molecule has 0 bridgehead atoms. The molecule has 0 saturated heterocycles. The van der Waals surface area contributed by atoms with E-state index in [9.17, 15) is 4.79 Å². The Bertz CT molecular complexity index is 793. The molecule has 0 spiro atoms. The fraction of sp³-hybridized carbons (Fsp3) is 0.167. The monoisotopic (exact) mass is 307 g/mol. The summed E-state index contributed by atoms with van der Waals surface area (Å²) in [7, 11) is 0. The first-order chi connectivity index (χ1) is 11.1. The van der Waals surface area contributed by atoms with E-state index in [0.717, 1.165) is 11.3 Å². The van der Waals surface area contributed by atoms with Crippen LogP contribution in [0, 0.1) is 0 Å². The van der Waals surface area contributed by atoms with Crippen LogP contribution in [0.2, 0.25) is 0 Å². The Kier molecular flexibility index (Phi) is 4.19. The van der Waals surface area contributed by atoms with E-state index in [1.54, 1.807) is 24.5 Å². The van der Waals surface area contributed by atoms with Crippen molar-refractivity contribution in [2.45, 2.75) is 19.8 Å². The highest BCUT2D eigenvalue weighted by molar-refractivity contribution is 6.03. The first-order valence-electron chi connectivity index (χ1n) is 7.42. The van der Waals surface area contributed by atoms with Gasteiger partial charge in [0, 0.05) is 29.7 Å². The second kappa shape index (κ2) is 6.44. The average molecular weight is 307 g/mol. The van der Waals surface area contributed by atoms with E-state index in [2.05, 4.69) is 29.3 Å². The van der Waals surface area contributed by atoms with Crippen molar-refractivity contribution in [2.75, 3.05) is 5.32 Å². The summed E-state index contributed by atoms with van der Waals surface area (Å²) in [6.07, 6.45) is 3.33. The molecule has 5 nitrogen and oxygen atoms in total. The predicted molar refractivity (Wildman–Crippen MR) is 88.2 cm³/mol. The topological polar surface area (TPSA) is 68.0 Å². The summed E-state index contributed by atoms with van der Waals surface area (Å²) in [5, 5.41) is 6.63. The van der Waals surface area contributed by atoms with Gasteiger partial charge < -0.3 is 9.84 Å². The molecule has 0 saturated carbocycles. The minimum atomic E-state index is -0.304. The van der Waals surface area contributed by atoms with Gasteiger partial charge >= 0.3 is 0 Å². The fourth-order valence-electron chi connectivity index (χ4n) is 2.17. The number of nitrogens with zero attached hydrogens (tertiary/aromatic N) is 2. The van der Waals surface area contributed by atoms with Gasteiger partial charge in [0.25, 0.3) is 5.91 Å². The number of amides is 1. The van der Waals surface area contributed by atoms with Crippen molar-refractivity contribution in [1.82, 2.24) is 10.1 Å². The van der Waals surface area contributed by atoms with Crippen LogP contribution in [-0.2, 0) is 0 Å². The lowest BCUT2D eigenvalue weighted by atomic mass is 10.0. The molecular formula is C18H17N3O2. The maximum absolute atomic E-state index is 12.2. The number of carbonyl (C=O) groups is 1. The molecule has 3 aromatic rings. The third-order valence-corrected chi connectivity index (χ3v) is 3.52. The van der Waals surface area contributed by atoms with Crippen LogP contribution in [0.25, 0.3) is 11.3 Å². The van der Waals surface area contributed by atoms with Gasteiger partial charge in [0.1, 0.15) is 0 Å². The summed E-state index contributed by atoms with van der Waals surface area (Å²) in [5.74, 6) is 0.664. The standard InChI is InChI=1S/C18H17N3O2/c1-12(2)13-5-7-15(8-6-13)20-18(22)16-10-17(23-21-16)14-4-3-9-19-11-14/h3-12H,1-2H3,(H,20,22). The molecule has 1 amide bonds. The van der Waals surface area contributed by atoms with Crippen LogP contribution >= 0.6 is 0 Å². The van der Waals surface area contributed by atoms with E-state index in [1.165, 1.54) is 5.56 Å². The molecule has 0 aliphatic carbocycles. The SMILES string of the molecule is CC(C)c1ccc(NC(=O)c2cc(-c3cccnc3)on2)cc1. The highest BCUT2D eigenvalue weighted by atomic mass is 16.5. The zero-order valence-electron chi connectivity index (χ0n) is 13.0. The first-order valence-corrected chi connectivity index (χ1v) is 7.42. The lowest BCUT2D eigenvalue weighted by Crippen LogP contribution is -2.12. The fourth-order valence-corrected chi connectivity index (χ4v) is 2.17. The largest absolute Gasteiger partial charge is 0.355 e. The molecule has 3 rings (SSSR count). The molecule has 0 unspecified atom stereocenters. The number of aromatic nitrogens is 2. The van der Waals surface area contributed by atoms with Crippen LogP contribution in [0.15, 0.2) is 59.4 Å². The Morgan fingerprint density at radius 1 is 1.17 bits per heavy atom. The molecule has 5 heteroatoms. The van der Waals surface area contributed by atoms with E-state index in [4.69, 9.17) is 4.52 Å². The van der Waals surface area contributed by atoms with Crippen LogP contribution in [0.3, 0.4) is 0 Å². The van der Waals surface area contributed by atoms with Crippen molar-refractivity contribution >= 4 is 11.6 Å². The van der Waals surface area contributed by atoms with Gasteiger partial charge in [-0.05, 0) is 35.7 Å². The molecule has 2 heterocycles. The van der Waals surface area contributed by atoms with Crippen molar-refractivity contribution in [3.63, 3.8) is 0 Å². The smallest absolute Gasteiger partial charge is 0.277 e. The van der Waals surface area contributed by atoms with Crippen LogP contribution in [0.4, 0.5) is 5.69 Å². The maximum Gasteiger partial charge on any atom is 0.277 e. The zero-order valence-corrected chi connectivity index (χ0v) is 13.0. The molecule has 0 atom stereocenters. The number of hydrogen-bond acceptors (Lipinski definition) is 4. The van der Waals surface area contributed by atoms with Crippen molar-refractivity contribution in [3.05, 3.63) is 66.1 Å². The van der Waals surface area contributed by atoms with Gasteiger partial charge in [-0.3, -0.25) is 9.78 Å². The Morgan fingerprint density at radius 2 is 1.96 bits per heavy atom. The molecule has 116 valence electrons. The van der Waals surface area contributed by atoms with Gasteiger partial charge in [0.2, 0.25) is 0 Å². The average Bonchev–Trinajstić information content (AvgIpc) is 3.06. The number of nitrogens with one attached hydrogen (secondary N) is 1. The number of rotatable bonds is 4. The van der Waals surface area contributed by atoms with Crippen molar-refractivity contribution in [2.24, 2.45) is 0 Å².